The number of aryl methyl sites for hydroxylation is 1. The van der Waals surface area contributed by atoms with Crippen molar-refractivity contribution in [1.82, 2.24) is 0 Å². The van der Waals surface area contributed by atoms with E-state index in [0.717, 1.165) is 9.87 Å². The molecule has 0 heterocycles. The van der Waals surface area contributed by atoms with Crippen LogP contribution in [-0.2, 0) is 10.0 Å². The highest BCUT2D eigenvalue weighted by Crippen LogP contribution is 2.30. The molecule has 0 radical (unpaired) electrons. The van der Waals surface area contributed by atoms with E-state index < -0.39 is 15.9 Å². The number of hydrogen-bond acceptors (Lipinski definition) is 6. The Labute approximate surface area is 188 Å². The van der Waals surface area contributed by atoms with E-state index in [4.69, 9.17) is 14.2 Å². The van der Waals surface area contributed by atoms with Gasteiger partial charge in [0, 0.05) is 11.6 Å². The fraction of sp³-hybridized carbons (Fsp3) is 0.208. The number of rotatable bonds is 8. The molecule has 0 fully saturated rings. The third kappa shape index (κ3) is 4.86. The van der Waals surface area contributed by atoms with Crippen molar-refractivity contribution in [2.24, 2.45) is 0 Å². The number of benzene rings is 3. The minimum atomic E-state index is -4.22. The molecule has 1 amide bonds. The predicted molar refractivity (Wildman–Crippen MR) is 122 cm³/mol. The van der Waals surface area contributed by atoms with Crippen LogP contribution in [0.4, 0.5) is 5.69 Å². The van der Waals surface area contributed by atoms with Crippen molar-refractivity contribution in [3.05, 3.63) is 77.9 Å². The summed E-state index contributed by atoms with van der Waals surface area (Å²) in [5, 5.41) is 0. The smallest absolute Gasteiger partial charge is 0.272 e. The summed E-state index contributed by atoms with van der Waals surface area (Å²) in [6.45, 7) is 4.17. The topological polar surface area (TPSA) is 82.1 Å². The molecular weight excluding hydrogens is 430 g/mol. The highest BCUT2D eigenvalue weighted by Gasteiger charge is 2.32. The van der Waals surface area contributed by atoms with Crippen molar-refractivity contribution in [1.29, 1.82) is 0 Å². The Bertz CT molecular complexity index is 1170. The SMILES string of the molecule is CCOc1ccc(N(C(=O)c2cc(OC)cc(OC)c2)S(=O)(=O)c2ccc(C)cc2)cc1. The van der Waals surface area contributed by atoms with Gasteiger partial charge in [0.05, 0.1) is 31.4 Å². The van der Waals surface area contributed by atoms with E-state index in [1.165, 1.54) is 50.6 Å². The Morgan fingerprint density at radius 3 is 1.91 bits per heavy atom. The van der Waals surface area contributed by atoms with Crippen LogP contribution in [0, 0.1) is 6.92 Å². The maximum atomic E-state index is 13.6. The molecule has 3 rings (SSSR count). The normalized spacial score (nSPS) is 11.0. The van der Waals surface area contributed by atoms with Crippen molar-refractivity contribution in [3.63, 3.8) is 0 Å². The zero-order valence-corrected chi connectivity index (χ0v) is 19.2. The number of sulfonamides is 1. The summed E-state index contributed by atoms with van der Waals surface area (Å²) in [7, 11) is -1.31. The molecule has 3 aromatic rings. The molecule has 0 aliphatic heterocycles. The number of methoxy groups -OCH3 is 2. The van der Waals surface area contributed by atoms with Crippen LogP contribution in [0.25, 0.3) is 0 Å². The van der Waals surface area contributed by atoms with Crippen LogP contribution in [0.15, 0.2) is 71.6 Å². The molecule has 32 heavy (non-hydrogen) atoms. The molecule has 3 aromatic carbocycles. The first-order valence-electron chi connectivity index (χ1n) is 9.92. The molecule has 0 aromatic heterocycles. The van der Waals surface area contributed by atoms with Gasteiger partial charge in [-0.15, -0.1) is 0 Å². The Morgan fingerprint density at radius 2 is 1.41 bits per heavy atom. The zero-order valence-electron chi connectivity index (χ0n) is 18.4. The van der Waals surface area contributed by atoms with Crippen molar-refractivity contribution in [3.8, 4) is 17.2 Å². The van der Waals surface area contributed by atoms with Crippen LogP contribution < -0.4 is 18.5 Å². The number of anilines is 1. The van der Waals surface area contributed by atoms with E-state index in [-0.39, 0.29) is 16.1 Å². The molecule has 168 valence electrons. The lowest BCUT2D eigenvalue weighted by Crippen LogP contribution is -2.37. The van der Waals surface area contributed by atoms with Gasteiger partial charge in [0.25, 0.3) is 15.9 Å². The number of amides is 1. The predicted octanol–water partition coefficient (Wildman–Crippen LogP) is 4.45. The fourth-order valence-corrected chi connectivity index (χ4v) is 4.49. The third-order valence-corrected chi connectivity index (χ3v) is 6.45. The van der Waals surface area contributed by atoms with Crippen LogP contribution in [0.5, 0.6) is 17.2 Å². The van der Waals surface area contributed by atoms with Crippen molar-refractivity contribution < 1.29 is 27.4 Å². The van der Waals surface area contributed by atoms with Gasteiger partial charge in [-0.1, -0.05) is 17.7 Å². The molecule has 8 heteroatoms. The lowest BCUT2D eigenvalue weighted by atomic mass is 10.1. The molecule has 0 unspecified atom stereocenters. The van der Waals surface area contributed by atoms with Crippen LogP contribution in [-0.4, -0.2) is 35.2 Å². The van der Waals surface area contributed by atoms with Gasteiger partial charge in [0.15, 0.2) is 0 Å². The highest BCUT2D eigenvalue weighted by atomic mass is 32.2. The van der Waals surface area contributed by atoms with E-state index >= 15 is 0 Å². The summed E-state index contributed by atoms with van der Waals surface area (Å²) in [6.07, 6.45) is 0. The molecule has 0 bridgehead atoms. The number of nitrogens with zero attached hydrogens (tertiary/aromatic N) is 1. The Balaban J connectivity index is 2.16. The van der Waals surface area contributed by atoms with Gasteiger partial charge in [-0.3, -0.25) is 4.79 Å². The van der Waals surface area contributed by atoms with Gasteiger partial charge in [-0.25, -0.2) is 8.42 Å². The molecule has 0 N–H and O–H groups in total. The Morgan fingerprint density at radius 1 is 0.844 bits per heavy atom. The number of hydrogen-bond donors (Lipinski definition) is 0. The van der Waals surface area contributed by atoms with Crippen molar-refractivity contribution in [2.75, 3.05) is 25.1 Å². The van der Waals surface area contributed by atoms with Gasteiger partial charge in [-0.05, 0) is 62.4 Å². The minimum Gasteiger partial charge on any atom is -0.497 e. The number of carbonyl (C=O) groups is 1. The summed E-state index contributed by atoms with van der Waals surface area (Å²) >= 11 is 0. The van der Waals surface area contributed by atoms with E-state index in [2.05, 4.69) is 0 Å². The maximum absolute atomic E-state index is 13.6. The lowest BCUT2D eigenvalue weighted by molar-refractivity contribution is 0.100. The zero-order chi connectivity index (χ0) is 23.3. The largest absolute Gasteiger partial charge is 0.497 e. The second-order valence-electron chi connectivity index (χ2n) is 6.92. The number of carbonyl (C=O) groups excluding carboxylic acids is 1. The first-order chi connectivity index (χ1) is 15.3. The monoisotopic (exact) mass is 455 g/mol. The van der Waals surface area contributed by atoms with Crippen LogP contribution in [0.3, 0.4) is 0 Å². The average Bonchev–Trinajstić information content (AvgIpc) is 2.80. The summed E-state index contributed by atoms with van der Waals surface area (Å²) in [5.41, 5.74) is 1.19. The summed E-state index contributed by atoms with van der Waals surface area (Å²) in [6, 6.07) is 17.2. The van der Waals surface area contributed by atoms with Crippen molar-refractivity contribution in [2.45, 2.75) is 18.7 Å². The van der Waals surface area contributed by atoms with E-state index in [1.54, 1.807) is 30.3 Å². The van der Waals surface area contributed by atoms with Gasteiger partial charge < -0.3 is 14.2 Å². The third-order valence-electron chi connectivity index (χ3n) is 4.72. The van der Waals surface area contributed by atoms with Crippen molar-refractivity contribution >= 4 is 21.6 Å². The molecule has 0 aliphatic carbocycles. The maximum Gasteiger partial charge on any atom is 0.272 e. The van der Waals surface area contributed by atoms with Gasteiger partial charge in [0.1, 0.15) is 17.2 Å². The standard InChI is InChI=1S/C24H25NO6S/c1-5-31-20-10-8-19(9-11-20)25(32(27,28)23-12-6-17(2)7-13-23)24(26)18-14-21(29-3)16-22(15-18)30-4/h6-16H,5H2,1-4H3. The lowest BCUT2D eigenvalue weighted by Gasteiger charge is -2.23. The van der Waals surface area contributed by atoms with Gasteiger partial charge in [0.2, 0.25) is 0 Å². The Hall–Kier alpha value is -3.52. The molecular formula is C24H25NO6S. The average molecular weight is 456 g/mol. The number of ether oxygens (including phenoxy) is 3. The molecule has 7 nitrogen and oxygen atoms in total. The molecule has 0 spiro atoms. The Kier molecular flexibility index (Phi) is 7.05. The van der Waals surface area contributed by atoms with Gasteiger partial charge in [-0.2, -0.15) is 4.31 Å². The van der Waals surface area contributed by atoms with Crippen LogP contribution >= 0.6 is 0 Å². The first kappa shape index (κ1) is 23.1. The summed E-state index contributed by atoms with van der Waals surface area (Å²) in [5.74, 6) is 0.561. The molecule has 0 saturated carbocycles. The highest BCUT2D eigenvalue weighted by molar-refractivity contribution is 7.93. The summed E-state index contributed by atoms with van der Waals surface area (Å²) < 4.78 is 43.9. The van der Waals surface area contributed by atoms with E-state index in [0.29, 0.717) is 23.9 Å². The fourth-order valence-electron chi connectivity index (χ4n) is 3.07. The second kappa shape index (κ2) is 9.74. The molecule has 0 aliphatic rings. The minimum absolute atomic E-state index is 0.000181. The molecule has 0 saturated heterocycles. The first-order valence-corrected chi connectivity index (χ1v) is 11.4. The van der Waals surface area contributed by atoms with Crippen LogP contribution in [0.1, 0.15) is 22.8 Å². The summed E-state index contributed by atoms with van der Waals surface area (Å²) in [4.78, 5) is 13.6. The van der Waals surface area contributed by atoms with Crippen LogP contribution in [0.2, 0.25) is 0 Å². The van der Waals surface area contributed by atoms with Gasteiger partial charge >= 0.3 is 0 Å². The quantitative estimate of drug-likeness (QED) is 0.499. The van der Waals surface area contributed by atoms with E-state index in [1.807, 2.05) is 13.8 Å². The van der Waals surface area contributed by atoms with E-state index in [9.17, 15) is 13.2 Å². The molecule has 0 atom stereocenters. The second-order valence-corrected chi connectivity index (χ2v) is 8.70.